The molecular weight excluding hydrogens is 374 g/mol. The van der Waals surface area contributed by atoms with Crippen LogP contribution >= 0.6 is 11.3 Å². The van der Waals surface area contributed by atoms with Gasteiger partial charge >= 0.3 is 0 Å². The number of ether oxygens (including phenoxy) is 2. The lowest BCUT2D eigenvalue weighted by Gasteiger charge is -2.38. The fourth-order valence-corrected chi connectivity index (χ4v) is 4.72. The number of amides is 1. The molecule has 0 spiro atoms. The molecule has 6 nitrogen and oxygen atoms in total. The molecule has 0 aliphatic carbocycles. The summed E-state index contributed by atoms with van der Waals surface area (Å²) in [5.74, 6) is 0.507. The molecule has 1 saturated heterocycles. The number of thiazole rings is 1. The zero-order valence-electron chi connectivity index (χ0n) is 16.9. The minimum Gasteiger partial charge on any atom is -0.379 e. The number of aromatic nitrogens is 1. The first kappa shape index (κ1) is 21.2. The number of fused-ring (bicyclic) bond motifs is 1. The summed E-state index contributed by atoms with van der Waals surface area (Å²) in [5, 5.41) is 3.98. The molecule has 1 N–H and O–H groups in total. The molecule has 28 heavy (non-hydrogen) atoms. The monoisotopic (exact) mass is 405 g/mol. The first-order chi connectivity index (χ1) is 13.7. The number of nitrogens with zero attached hydrogens (tertiary/aromatic N) is 2. The van der Waals surface area contributed by atoms with Gasteiger partial charge in [-0.1, -0.05) is 38.8 Å². The van der Waals surface area contributed by atoms with Crippen molar-refractivity contribution < 1.29 is 14.3 Å². The van der Waals surface area contributed by atoms with Gasteiger partial charge in [0.1, 0.15) is 11.6 Å². The molecule has 1 aromatic carbocycles. The molecular formula is C21H31N3O3S. The molecule has 1 aliphatic rings. The number of hydrogen-bond donors (Lipinski definition) is 1. The molecule has 154 valence electrons. The zero-order chi connectivity index (χ0) is 19.8. The van der Waals surface area contributed by atoms with Crippen LogP contribution in [0.4, 0.5) is 0 Å². The number of morpholine rings is 1. The Hall–Kier alpha value is -1.54. The van der Waals surface area contributed by atoms with E-state index in [1.807, 2.05) is 24.3 Å². The summed E-state index contributed by atoms with van der Waals surface area (Å²) >= 11 is 1.61. The van der Waals surface area contributed by atoms with Gasteiger partial charge in [-0.2, -0.15) is 0 Å². The van der Waals surface area contributed by atoms with E-state index in [0.717, 1.165) is 54.4 Å². The second-order valence-electron chi connectivity index (χ2n) is 7.16. The van der Waals surface area contributed by atoms with Gasteiger partial charge in [-0.3, -0.25) is 9.69 Å². The van der Waals surface area contributed by atoms with Gasteiger partial charge in [0, 0.05) is 25.7 Å². The van der Waals surface area contributed by atoms with E-state index in [1.54, 1.807) is 11.3 Å². The van der Waals surface area contributed by atoms with Gasteiger partial charge in [0.2, 0.25) is 5.91 Å². The lowest BCUT2D eigenvalue weighted by Crippen LogP contribution is -2.52. The highest BCUT2D eigenvalue weighted by atomic mass is 32.1. The van der Waals surface area contributed by atoms with E-state index in [0.29, 0.717) is 25.1 Å². The van der Waals surface area contributed by atoms with Gasteiger partial charge in [0.15, 0.2) is 0 Å². The average molecular weight is 406 g/mol. The van der Waals surface area contributed by atoms with Crippen LogP contribution in [0.25, 0.3) is 10.2 Å². The van der Waals surface area contributed by atoms with Crippen molar-refractivity contribution in [3.63, 3.8) is 0 Å². The van der Waals surface area contributed by atoms with Crippen LogP contribution in [0.2, 0.25) is 0 Å². The van der Waals surface area contributed by atoms with Crippen LogP contribution in [0.5, 0.6) is 0 Å². The largest absolute Gasteiger partial charge is 0.379 e. The van der Waals surface area contributed by atoms with E-state index >= 15 is 0 Å². The third-order valence-electron chi connectivity index (χ3n) is 5.41. The first-order valence-corrected chi connectivity index (χ1v) is 11.0. The van der Waals surface area contributed by atoms with Crippen LogP contribution in [0.1, 0.15) is 31.7 Å². The lowest BCUT2D eigenvalue weighted by molar-refractivity contribution is -0.126. The SMILES string of the molecule is CCC(CC)C(CNC(=O)COCc1nc2ccccc2s1)N1CCOCC1. The van der Waals surface area contributed by atoms with Gasteiger partial charge < -0.3 is 14.8 Å². The molecule has 3 rings (SSSR count). The number of carbonyl (C=O) groups is 1. The van der Waals surface area contributed by atoms with Crippen LogP contribution in [-0.4, -0.2) is 61.3 Å². The average Bonchev–Trinajstić information content (AvgIpc) is 3.14. The molecule has 2 heterocycles. The molecule has 1 fully saturated rings. The highest BCUT2D eigenvalue weighted by molar-refractivity contribution is 7.18. The first-order valence-electron chi connectivity index (χ1n) is 10.2. The summed E-state index contributed by atoms with van der Waals surface area (Å²) in [6.45, 7) is 8.97. The topological polar surface area (TPSA) is 63.7 Å². The van der Waals surface area contributed by atoms with E-state index in [-0.39, 0.29) is 12.5 Å². The van der Waals surface area contributed by atoms with Gasteiger partial charge in [0.25, 0.3) is 0 Å². The Labute approximate surface area is 171 Å². The lowest BCUT2D eigenvalue weighted by atomic mass is 9.92. The van der Waals surface area contributed by atoms with Crippen molar-refractivity contribution in [1.82, 2.24) is 15.2 Å². The van der Waals surface area contributed by atoms with Crippen molar-refractivity contribution in [1.29, 1.82) is 0 Å². The Balaban J connectivity index is 1.45. The summed E-state index contributed by atoms with van der Waals surface area (Å²) in [7, 11) is 0. The number of benzene rings is 1. The number of para-hydroxylation sites is 1. The molecule has 0 radical (unpaired) electrons. The van der Waals surface area contributed by atoms with Crippen molar-refractivity contribution >= 4 is 27.5 Å². The molecule has 7 heteroatoms. The third-order valence-corrected chi connectivity index (χ3v) is 6.42. The Morgan fingerprint density at radius 2 is 2.04 bits per heavy atom. The summed E-state index contributed by atoms with van der Waals surface area (Å²) in [4.78, 5) is 19.3. The maximum absolute atomic E-state index is 12.3. The summed E-state index contributed by atoms with van der Waals surface area (Å²) in [6.07, 6.45) is 2.23. The fourth-order valence-electron chi connectivity index (χ4n) is 3.82. The molecule has 1 aliphatic heterocycles. The minimum atomic E-state index is -0.0645. The van der Waals surface area contributed by atoms with E-state index in [4.69, 9.17) is 9.47 Å². The standard InChI is InChI=1S/C21H31N3O3S/c1-3-16(4-2)18(24-9-11-26-12-10-24)13-22-20(25)14-27-15-21-23-17-7-5-6-8-19(17)28-21/h5-8,16,18H,3-4,9-15H2,1-2H3,(H,22,25). The molecule has 0 bridgehead atoms. The van der Waals surface area contributed by atoms with Crippen LogP contribution in [0.3, 0.4) is 0 Å². The van der Waals surface area contributed by atoms with Gasteiger partial charge in [-0.25, -0.2) is 4.98 Å². The van der Waals surface area contributed by atoms with Gasteiger partial charge in [0.05, 0.1) is 30.0 Å². The number of hydrogen-bond acceptors (Lipinski definition) is 6. The predicted octanol–water partition coefficient (Wildman–Crippen LogP) is 3.07. The predicted molar refractivity (Wildman–Crippen MR) is 113 cm³/mol. The van der Waals surface area contributed by atoms with Crippen molar-refractivity contribution in [2.75, 3.05) is 39.5 Å². The normalized spacial score (nSPS) is 16.5. The van der Waals surface area contributed by atoms with Crippen LogP contribution in [0.15, 0.2) is 24.3 Å². The van der Waals surface area contributed by atoms with Crippen molar-refractivity contribution in [3.8, 4) is 0 Å². The molecule has 0 saturated carbocycles. The highest BCUT2D eigenvalue weighted by Crippen LogP contribution is 2.22. The van der Waals surface area contributed by atoms with E-state index in [1.165, 1.54) is 0 Å². The molecule has 1 aromatic heterocycles. The summed E-state index contributed by atoms with van der Waals surface area (Å²) in [5.41, 5.74) is 0.981. The van der Waals surface area contributed by atoms with Crippen molar-refractivity contribution in [2.24, 2.45) is 5.92 Å². The highest BCUT2D eigenvalue weighted by Gasteiger charge is 2.27. The van der Waals surface area contributed by atoms with Crippen LogP contribution in [0, 0.1) is 5.92 Å². The maximum atomic E-state index is 12.3. The second-order valence-corrected chi connectivity index (χ2v) is 8.28. The third kappa shape index (κ3) is 5.73. The molecule has 1 unspecified atom stereocenters. The van der Waals surface area contributed by atoms with E-state index in [9.17, 15) is 4.79 Å². The minimum absolute atomic E-state index is 0.0642. The van der Waals surface area contributed by atoms with Gasteiger partial charge in [-0.05, 0) is 18.1 Å². The van der Waals surface area contributed by atoms with Crippen molar-refractivity contribution in [2.45, 2.75) is 39.3 Å². The zero-order valence-corrected chi connectivity index (χ0v) is 17.7. The molecule has 1 atom stereocenters. The van der Waals surface area contributed by atoms with E-state index < -0.39 is 0 Å². The smallest absolute Gasteiger partial charge is 0.246 e. The van der Waals surface area contributed by atoms with Gasteiger partial charge in [-0.15, -0.1) is 11.3 Å². The number of carbonyl (C=O) groups excluding carboxylic acids is 1. The van der Waals surface area contributed by atoms with Crippen molar-refractivity contribution in [3.05, 3.63) is 29.3 Å². The number of nitrogens with one attached hydrogen (secondary N) is 1. The Morgan fingerprint density at radius 3 is 2.75 bits per heavy atom. The summed E-state index contributed by atoms with van der Waals surface area (Å²) < 4.78 is 12.2. The Bertz CT molecular complexity index is 708. The maximum Gasteiger partial charge on any atom is 0.246 e. The Kier molecular flexibility index (Phi) is 8.21. The molecule has 2 aromatic rings. The van der Waals surface area contributed by atoms with Crippen LogP contribution in [-0.2, 0) is 20.9 Å². The second kappa shape index (κ2) is 10.9. The quantitative estimate of drug-likeness (QED) is 0.658. The fraction of sp³-hybridized carbons (Fsp3) is 0.619. The van der Waals surface area contributed by atoms with E-state index in [2.05, 4.69) is 29.0 Å². The molecule has 1 amide bonds. The number of rotatable bonds is 10. The van der Waals surface area contributed by atoms with Crippen LogP contribution < -0.4 is 5.32 Å². The summed E-state index contributed by atoms with van der Waals surface area (Å²) in [6, 6.07) is 8.37. The Morgan fingerprint density at radius 1 is 1.29 bits per heavy atom.